The Kier molecular flexibility index (Phi) is 47.2. The topological polar surface area (TPSA) is 307 Å². The molecule has 1 amide bonds. The summed E-state index contributed by atoms with van der Waals surface area (Å²) in [5.74, 6) is -0.264. The molecule has 0 spiro atoms. The van der Waals surface area contributed by atoms with Gasteiger partial charge in [-0.15, -0.1) is 0 Å². The van der Waals surface area contributed by atoms with Gasteiger partial charge in [0.15, 0.2) is 18.9 Å². The summed E-state index contributed by atoms with van der Waals surface area (Å²) in [5, 5.41) is 121. The highest BCUT2D eigenvalue weighted by Gasteiger charge is 2.53. The number of aliphatic hydroxyl groups excluding tert-OH is 11. The molecule has 17 atom stereocenters. The van der Waals surface area contributed by atoms with Gasteiger partial charge >= 0.3 is 0 Å². The summed E-state index contributed by atoms with van der Waals surface area (Å²) in [6.07, 6.45) is 39.3. The molecule has 19 nitrogen and oxygen atoms in total. The molecular formula is C71H123NO18. The van der Waals surface area contributed by atoms with Crippen molar-refractivity contribution in [3.63, 3.8) is 0 Å². The lowest BCUT2D eigenvalue weighted by Gasteiger charge is -2.48. The average molecular weight is 1280 g/mol. The SMILES string of the molecule is CC/C=C\C/C=C\C/C=C\C/C=C\C/C=C\C/C=C\C/C=C\CCCCCCCC(=O)NC(COC1OC(CO)C(OC2OC(CO)C(OC3OC(CO)C(O)C(O)C3O)C(O)C2O)C(O)C1O)C(O)CCCCCCCCCCCCCCCCCCCC. The number of aliphatic hydroxyl groups is 11. The van der Waals surface area contributed by atoms with E-state index in [0.717, 1.165) is 103 Å². The van der Waals surface area contributed by atoms with Crippen molar-refractivity contribution in [2.24, 2.45) is 0 Å². The maximum Gasteiger partial charge on any atom is 0.220 e. The van der Waals surface area contributed by atoms with E-state index >= 15 is 0 Å². The van der Waals surface area contributed by atoms with Gasteiger partial charge in [-0.25, -0.2) is 0 Å². The third-order valence-corrected chi connectivity index (χ3v) is 17.0. The number of carbonyl (C=O) groups is 1. The smallest absolute Gasteiger partial charge is 0.220 e. The van der Waals surface area contributed by atoms with Crippen LogP contribution in [0.3, 0.4) is 0 Å². The van der Waals surface area contributed by atoms with Crippen LogP contribution in [0.5, 0.6) is 0 Å². The highest BCUT2D eigenvalue weighted by molar-refractivity contribution is 5.76. The van der Waals surface area contributed by atoms with Gasteiger partial charge < -0.3 is 89.9 Å². The molecule has 520 valence electrons. The third-order valence-electron chi connectivity index (χ3n) is 17.0. The lowest BCUT2D eigenvalue weighted by molar-refractivity contribution is -0.379. The molecule has 0 saturated carbocycles. The molecule has 0 bridgehead atoms. The second-order valence-corrected chi connectivity index (χ2v) is 24.6. The van der Waals surface area contributed by atoms with Crippen molar-refractivity contribution >= 4 is 5.91 Å². The van der Waals surface area contributed by atoms with Crippen molar-refractivity contribution < 1.29 is 89.4 Å². The van der Waals surface area contributed by atoms with Crippen LogP contribution in [0, 0.1) is 0 Å². The lowest BCUT2D eigenvalue weighted by atomic mass is 9.96. The predicted molar refractivity (Wildman–Crippen MR) is 351 cm³/mol. The van der Waals surface area contributed by atoms with Gasteiger partial charge in [-0.05, 0) is 70.6 Å². The van der Waals surface area contributed by atoms with Crippen LogP contribution in [0.2, 0.25) is 0 Å². The number of nitrogens with one attached hydrogen (secondary N) is 1. The van der Waals surface area contributed by atoms with Gasteiger partial charge in [0.1, 0.15) is 73.2 Å². The molecule has 0 radical (unpaired) electrons. The zero-order valence-electron chi connectivity index (χ0n) is 54.8. The molecular weight excluding hydrogens is 1150 g/mol. The number of hydrogen-bond acceptors (Lipinski definition) is 18. The Balaban J connectivity index is 1.44. The Morgan fingerprint density at radius 3 is 1.20 bits per heavy atom. The zero-order chi connectivity index (χ0) is 65.4. The van der Waals surface area contributed by atoms with Gasteiger partial charge in [-0.2, -0.15) is 0 Å². The highest BCUT2D eigenvalue weighted by Crippen LogP contribution is 2.33. The normalized spacial score (nSPS) is 28.6. The fourth-order valence-corrected chi connectivity index (χ4v) is 11.4. The van der Waals surface area contributed by atoms with Crippen molar-refractivity contribution in [2.45, 2.75) is 330 Å². The molecule has 3 aliphatic rings. The molecule has 3 rings (SSSR count). The van der Waals surface area contributed by atoms with E-state index in [1.807, 2.05) is 0 Å². The monoisotopic (exact) mass is 1280 g/mol. The first-order valence-corrected chi connectivity index (χ1v) is 34.8. The third kappa shape index (κ3) is 33.9. The first-order chi connectivity index (χ1) is 43.8. The van der Waals surface area contributed by atoms with Crippen LogP contribution < -0.4 is 5.32 Å². The second-order valence-electron chi connectivity index (χ2n) is 24.6. The molecule has 3 heterocycles. The van der Waals surface area contributed by atoms with Gasteiger partial charge in [-0.3, -0.25) is 4.79 Å². The number of amides is 1. The Bertz CT molecular complexity index is 1960. The predicted octanol–water partition coefficient (Wildman–Crippen LogP) is 9.10. The molecule has 19 heteroatoms. The van der Waals surface area contributed by atoms with Crippen LogP contribution >= 0.6 is 0 Å². The minimum atomic E-state index is -1.98. The number of carbonyl (C=O) groups excluding carboxylic acids is 1. The Hall–Kier alpha value is -3.03. The van der Waals surface area contributed by atoms with E-state index in [9.17, 15) is 61.0 Å². The number of hydrogen-bond donors (Lipinski definition) is 12. The number of ether oxygens (including phenoxy) is 6. The van der Waals surface area contributed by atoms with Crippen molar-refractivity contribution in [3.8, 4) is 0 Å². The highest BCUT2D eigenvalue weighted by atomic mass is 16.8. The van der Waals surface area contributed by atoms with Gasteiger partial charge in [0.2, 0.25) is 5.91 Å². The summed E-state index contributed by atoms with van der Waals surface area (Å²) in [6, 6.07) is -0.904. The minimum Gasteiger partial charge on any atom is -0.394 e. The average Bonchev–Trinajstić information content (AvgIpc) is 0.866. The number of allylic oxidation sites excluding steroid dienone is 14. The van der Waals surface area contributed by atoms with Crippen LogP contribution in [0.1, 0.15) is 226 Å². The Morgan fingerprint density at radius 2 is 0.767 bits per heavy atom. The molecule has 90 heavy (non-hydrogen) atoms. The largest absolute Gasteiger partial charge is 0.394 e. The van der Waals surface area contributed by atoms with E-state index < -0.39 is 124 Å². The molecule has 3 aliphatic heterocycles. The standard InChI is InChI=1S/C71H123NO18/c1-3-5-7-9-11-13-15-17-19-21-23-24-25-26-27-28-29-30-31-33-35-37-39-41-43-45-47-49-59(77)72-54(55(76)48-46-44-42-40-38-36-34-32-22-20-18-16-14-12-10-8-6-4-2)53-85-69-65(83)62(80)67(57(51-74)87-69)90-71-66(84)63(81)68(58(52-75)88-71)89-70-64(82)61(79)60(78)56(50-73)86-70/h5,7,11,13,17,19,23-24,26-27,29-30,33,35,54-58,60-71,73-76,78-84H,3-4,6,8-10,12,14-16,18,20-22,25,28,31-32,34,36-53H2,1-2H3,(H,72,77)/b7-5-,13-11-,19-17-,24-23-,27-26-,30-29-,35-33-. The summed E-state index contributed by atoms with van der Waals surface area (Å²) in [7, 11) is 0. The molecule has 17 unspecified atom stereocenters. The van der Waals surface area contributed by atoms with Crippen molar-refractivity contribution in [1.82, 2.24) is 5.32 Å². The molecule has 3 saturated heterocycles. The molecule has 0 aromatic heterocycles. The van der Waals surface area contributed by atoms with Crippen LogP contribution in [0.4, 0.5) is 0 Å². The first kappa shape index (κ1) is 81.2. The molecule has 0 aromatic rings. The van der Waals surface area contributed by atoms with E-state index in [4.69, 9.17) is 28.4 Å². The summed E-state index contributed by atoms with van der Waals surface area (Å²) in [5.41, 5.74) is 0. The molecule has 3 fully saturated rings. The van der Waals surface area contributed by atoms with Crippen molar-refractivity contribution in [1.29, 1.82) is 0 Å². The summed E-state index contributed by atoms with van der Waals surface area (Å²) in [6.45, 7) is 1.67. The molecule has 0 aliphatic carbocycles. The maximum absolute atomic E-state index is 13.4. The van der Waals surface area contributed by atoms with E-state index in [1.165, 1.54) is 89.9 Å². The minimum absolute atomic E-state index is 0.239. The zero-order valence-corrected chi connectivity index (χ0v) is 54.8. The maximum atomic E-state index is 13.4. The van der Waals surface area contributed by atoms with E-state index in [-0.39, 0.29) is 18.9 Å². The summed E-state index contributed by atoms with van der Waals surface area (Å²) >= 11 is 0. The van der Waals surface area contributed by atoms with Gasteiger partial charge in [-0.1, -0.05) is 234 Å². The van der Waals surface area contributed by atoms with Crippen LogP contribution in [0.25, 0.3) is 0 Å². The fourth-order valence-electron chi connectivity index (χ4n) is 11.4. The molecule has 0 aromatic carbocycles. The van der Waals surface area contributed by atoms with Gasteiger partial charge in [0.05, 0.1) is 38.6 Å². The molecule has 12 N–H and O–H groups in total. The number of unbranched alkanes of at least 4 members (excludes halogenated alkanes) is 22. The van der Waals surface area contributed by atoms with Gasteiger partial charge in [0.25, 0.3) is 0 Å². The first-order valence-electron chi connectivity index (χ1n) is 34.8. The van der Waals surface area contributed by atoms with E-state index in [1.54, 1.807) is 0 Å². The number of rotatable bonds is 52. The van der Waals surface area contributed by atoms with Crippen molar-refractivity contribution in [2.75, 3.05) is 26.4 Å². The fraction of sp³-hybridized carbons (Fsp3) is 0.789. The lowest BCUT2D eigenvalue weighted by Crippen LogP contribution is -2.66. The summed E-state index contributed by atoms with van der Waals surface area (Å²) < 4.78 is 34.4. The Morgan fingerprint density at radius 1 is 0.411 bits per heavy atom. The Labute approximate surface area is 540 Å². The van der Waals surface area contributed by atoms with E-state index in [2.05, 4.69) is 104 Å². The van der Waals surface area contributed by atoms with E-state index in [0.29, 0.717) is 12.8 Å². The van der Waals surface area contributed by atoms with Crippen LogP contribution in [-0.2, 0) is 33.2 Å². The second kappa shape index (κ2) is 52.3. The quantitative estimate of drug-likeness (QED) is 0.0200. The van der Waals surface area contributed by atoms with Crippen molar-refractivity contribution in [3.05, 3.63) is 85.1 Å². The van der Waals surface area contributed by atoms with Gasteiger partial charge in [0, 0.05) is 6.42 Å². The van der Waals surface area contributed by atoms with Crippen LogP contribution in [0.15, 0.2) is 85.1 Å². The van der Waals surface area contributed by atoms with Crippen LogP contribution in [-0.4, -0.2) is 193 Å². The summed E-state index contributed by atoms with van der Waals surface area (Å²) in [4.78, 5) is 13.4.